The molecule has 11 nitrogen and oxygen atoms in total. The van der Waals surface area contributed by atoms with Crippen molar-refractivity contribution >= 4 is 12.0 Å². The topological polar surface area (TPSA) is 142 Å². The van der Waals surface area contributed by atoms with Crippen LogP contribution in [0.1, 0.15) is 46.2 Å². The molecular formula is C33H46N2O9. The van der Waals surface area contributed by atoms with Gasteiger partial charge in [-0.2, -0.15) is 0 Å². The van der Waals surface area contributed by atoms with E-state index in [9.17, 15) is 20.1 Å². The van der Waals surface area contributed by atoms with E-state index < -0.39 is 48.1 Å². The fraction of sp³-hybridized carbons (Fsp3) is 0.636. The molecule has 0 aromatic carbocycles. The van der Waals surface area contributed by atoms with Crippen molar-refractivity contribution in [1.82, 2.24) is 9.55 Å². The SMILES string of the molecule is CO[C@]12C=C[C@](C)(O1)[C@@H](OC(=O)/C=C/c1cn(C)cn1)C[C@@H]1C(C)=CC[C@H](C(C)C)[C@@H]1C=C2CO[C@H]1OC[C@H](O)[C@H](O)[C@@H]1O. The number of methoxy groups -OCH3 is 1. The molecule has 1 aliphatic carbocycles. The average Bonchev–Trinajstić information content (AvgIpc) is 3.58. The van der Waals surface area contributed by atoms with Crippen LogP contribution in [0.5, 0.6) is 0 Å². The van der Waals surface area contributed by atoms with E-state index in [2.05, 4.69) is 37.9 Å². The number of fused-ring (bicyclic) bond motifs is 3. The molecule has 1 aromatic rings. The Morgan fingerprint density at radius 1 is 1.25 bits per heavy atom. The van der Waals surface area contributed by atoms with Gasteiger partial charge >= 0.3 is 5.97 Å². The van der Waals surface area contributed by atoms with Gasteiger partial charge in [0.1, 0.15) is 30.0 Å². The number of rotatable bonds is 8. The highest BCUT2D eigenvalue weighted by Crippen LogP contribution is 2.49. The van der Waals surface area contributed by atoms with Crippen molar-refractivity contribution < 1.29 is 43.8 Å². The van der Waals surface area contributed by atoms with Crippen LogP contribution >= 0.6 is 0 Å². The van der Waals surface area contributed by atoms with Crippen molar-refractivity contribution in [3.8, 4) is 0 Å². The predicted molar refractivity (Wildman–Crippen MR) is 161 cm³/mol. The maximum Gasteiger partial charge on any atom is 0.331 e. The molecule has 0 unspecified atom stereocenters. The van der Waals surface area contributed by atoms with Gasteiger partial charge in [-0.05, 0) is 68.6 Å². The summed E-state index contributed by atoms with van der Waals surface area (Å²) in [4.78, 5) is 17.4. The molecule has 44 heavy (non-hydrogen) atoms. The van der Waals surface area contributed by atoms with E-state index in [4.69, 9.17) is 23.7 Å². The Morgan fingerprint density at radius 3 is 2.70 bits per heavy atom. The molecule has 3 N–H and O–H groups in total. The number of hydrogen-bond donors (Lipinski definition) is 3. The minimum atomic E-state index is -1.43. The molecule has 1 fully saturated rings. The Hall–Kier alpha value is -2.64. The lowest BCUT2D eigenvalue weighted by atomic mass is 9.65. The van der Waals surface area contributed by atoms with Crippen LogP contribution in [-0.2, 0) is 35.5 Å². The second kappa shape index (κ2) is 13.0. The van der Waals surface area contributed by atoms with Crippen molar-refractivity contribution in [3.05, 3.63) is 59.7 Å². The largest absolute Gasteiger partial charge is 0.456 e. The zero-order valence-corrected chi connectivity index (χ0v) is 26.3. The number of hydrogen-bond acceptors (Lipinski definition) is 10. The standard InChI is InChI=1S/C33H46N2O9/c1-19(2)23-9-7-20(3)24-14-27(43-28(37)10-8-22-15-35(5)18-34-22)32(4)11-12-33(40-6,44-32)21(13-25(23)24)16-41-31-30(39)29(38)26(36)17-42-31/h7-8,10-13,15,18-19,23-27,29-31,36,38-39H,9,14,16-17H2,1-6H3/b10-8+,21-13?/t23-,24-,25+,26+,27+,29+,30+,31+,32+,33-/m1/s1. The Labute approximate surface area is 258 Å². The smallest absolute Gasteiger partial charge is 0.331 e. The Bertz CT molecular complexity index is 1320. The molecular weight excluding hydrogens is 568 g/mol. The molecule has 2 bridgehead atoms. The van der Waals surface area contributed by atoms with Gasteiger partial charge in [0, 0.05) is 32.0 Å². The van der Waals surface area contributed by atoms with E-state index in [1.807, 2.05) is 32.3 Å². The van der Waals surface area contributed by atoms with Crippen molar-refractivity contribution in [1.29, 1.82) is 0 Å². The van der Waals surface area contributed by atoms with Gasteiger partial charge in [0.2, 0.25) is 5.79 Å². The molecule has 4 heterocycles. The van der Waals surface area contributed by atoms with Crippen molar-refractivity contribution in [2.75, 3.05) is 20.3 Å². The van der Waals surface area contributed by atoms with Crippen LogP contribution < -0.4 is 0 Å². The first kappa shape index (κ1) is 32.7. The van der Waals surface area contributed by atoms with Crippen molar-refractivity contribution in [2.24, 2.45) is 30.7 Å². The van der Waals surface area contributed by atoms with Gasteiger partial charge in [0.25, 0.3) is 0 Å². The van der Waals surface area contributed by atoms with E-state index in [1.165, 1.54) is 11.6 Å². The van der Waals surface area contributed by atoms with Gasteiger partial charge in [0.05, 0.1) is 25.2 Å². The highest BCUT2D eigenvalue weighted by atomic mass is 16.7. The van der Waals surface area contributed by atoms with E-state index >= 15 is 0 Å². The van der Waals surface area contributed by atoms with Crippen LogP contribution in [-0.4, -0.2) is 93.3 Å². The number of aryl methyl sites for hydroxylation is 1. The maximum absolute atomic E-state index is 13.2. The quantitative estimate of drug-likeness (QED) is 0.227. The third kappa shape index (κ3) is 6.50. The van der Waals surface area contributed by atoms with Crippen molar-refractivity contribution in [3.63, 3.8) is 0 Å². The molecule has 11 heteroatoms. The summed E-state index contributed by atoms with van der Waals surface area (Å²) < 4.78 is 32.4. The normalized spacial score (nSPS) is 39.0. The van der Waals surface area contributed by atoms with E-state index in [-0.39, 0.29) is 31.0 Å². The Kier molecular flexibility index (Phi) is 9.67. The number of imidazole rings is 1. The first-order valence-corrected chi connectivity index (χ1v) is 15.3. The number of carbonyl (C=O) groups excluding carboxylic acids is 1. The van der Waals surface area contributed by atoms with Crippen LogP contribution in [0.25, 0.3) is 6.08 Å². The molecule has 4 aliphatic rings. The zero-order valence-electron chi connectivity index (χ0n) is 26.3. The second-order valence-electron chi connectivity index (χ2n) is 13.0. The molecule has 5 rings (SSSR count). The highest BCUT2D eigenvalue weighted by molar-refractivity contribution is 5.86. The zero-order chi connectivity index (χ0) is 31.8. The van der Waals surface area contributed by atoms with Crippen LogP contribution in [0.2, 0.25) is 0 Å². The number of esters is 1. The van der Waals surface area contributed by atoms with Crippen molar-refractivity contribution in [2.45, 2.75) is 82.6 Å². The Morgan fingerprint density at radius 2 is 2.02 bits per heavy atom. The lowest BCUT2D eigenvalue weighted by molar-refractivity contribution is -0.272. The van der Waals surface area contributed by atoms with Gasteiger partial charge in [-0.25, -0.2) is 9.78 Å². The second-order valence-corrected chi connectivity index (χ2v) is 13.0. The lowest BCUT2D eigenvalue weighted by Gasteiger charge is -2.41. The summed E-state index contributed by atoms with van der Waals surface area (Å²) in [6, 6.07) is 0. The van der Waals surface area contributed by atoms with Crippen LogP contribution in [0.4, 0.5) is 0 Å². The first-order valence-electron chi connectivity index (χ1n) is 15.3. The van der Waals surface area contributed by atoms with Crippen LogP contribution in [0.15, 0.2) is 54.1 Å². The van der Waals surface area contributed by atoms with Gasteiger partial charge in [0.15, 0.2) is 6.29 Å². The fourth-order valence-corrected chi connectivity index (χ4v) is 6.86. The fourth-order valence-electron chi connectivity index (χ4n) is 6.86. The number of aliphatic hydroxyl groups is 3. The minimum absolute atomic E-state index is 0.0349. The number of ether oxygens (including phenoxy) is 5. The van der Waals surface area contributed by atoms with Gasteiger partial charge in [-0.1, -0.05) is 31.6 Å². The molecule has 0 amide bonds. The highest BCUT2D eigenvalue weighted by Gasteiger charge is 2.53. The number of allylic oxidation sites excluding steroid dienone is 3. The summed E-state index contributed by atoms with van der Waals surface area (Å²) >= 11 is 0. The van der Waals surface area contributed by atoms with E-state index in [0.717, 1.165) is 6.42 Å². The molecule has 3 aliphatic heterocycles. The van der Waals surface area contributed by atoms with Gasteiger partial charge in [-0.15, -0.1) is 0 Å². The molecule has 10 atom stereocenters. The summed E-state index contributed by atoms with van der Waals surface area (Å²) in [7, 11) is 3.41. The van der Waals surface area contributed by atoms with Crippen LogP contribution in [0, 0.1) is 23.7 Å². The summed E-state index contributed by atoms with van der Waals surface area (Å²) in [6.07, 6.45) is 10.2. The molecule has 1 saturated heterocycles. The summed E-state index contributed by atoms with van der Waals surface area (Å²) in [5.41, 5.74) is 1.50. The number of aliphatic hydroxyl groups excluding tert-OH is 3. The molecule has 242 valence electrons. The minimum Gasteiger partial charge on any atom is -0.456 e. The van der Waals surface area contributed by atoms with E-state index in [1.54, 1.807) is 24.1 Å². The number of nitrogens with zero attached hydrogens (tertiary/aromatic N) is 2. The number of carbonyl (C=O) groups is 1. The molecule has 1 aromatic heterocycles. The third-order valence-electron chi connectivity index (χ3n) is 9.60. The monoisotopic (exact) mass is 614 g/mol. The van der Waals surface area contributed by atoms with Gasteiger partial charge in [-0.3, -0.25) is 0 Å². The predicted octanol–water partition coefficient (Wildman–Crippen LogP) is 2.67. The Balaban J connectivity index is 1.48. The summed E-state index contributed by atoms with van der Waals surface area (Å²) in [6.45, 7) is 8.23. The first-order chi connectivity index (χ1) is 20.9. The third-order valence-corrected chi connectivity index (χ3v) is 9.60. The average molecular weight is 615 g/mol. The lowest BCUT2D eigenvalue weighted by Crippen LogP contribution is -2.54. The van der Waals surface area contributed by atoms with Crippen LogP contribution in [0.3, 0.4) is 0 Å². The van der Waals surface area contributed by atoms with E-state index in [0.29, 0.717) is 23.6 Å². The summed E-state index contributed by atoms with van der Waals surface area (Å²) in [5, 5.41) is 30.6. The molecule has 0 spiro atoms. The van der Waals surface area contributed by atoms with Gasteiger partial charge < -0.3 is 43.6 Å². The summed E-state index contributed by atoms with van der Waals surface area (Å²) in [5.74, 6) is -1.11. The molecule has 0 radical (unpaired) electrons. The number of aromatic nitrogens is 2. The molecule has 0 saturated carbocycles. The maximum atomic E-state index is 13.2.